The molecule has 148 valence electrons. The first-order valence-electron chi connectivity index (χ1n) is 8.28. The molecule has 28 heavy (non-hydrogen) atoms. The van der Waals surface area contributed by atoms with Gasteiger partial charge in [-0.25, -0.2) is 4.39 Å². The van der Waals surface area contributed by atoms with Gasteiger partial charge in [0.15, 0.2) is 5.78 Å². The Morgan fingerprint density at radius 2 is 1.82 bits per heavy atom. The number of nitrogens with two attached hydrogens (primary N) is 2. The van der Waals surface area contributed by atoms with Crippen LogP contribution in [-0.2, 0) is 16.1 Å². The number of nitrogen functional groups attached to an aromatic ring is 1. The normalized spacial score (nSPS) is 10.1. The number of carbonyl (C=O) groups is 2. The molecule has 0 saturated carbocycles. The zero-order chi connectivity index (χ0) is 21.3. The highest BCUT2D eigenvalue weighted by atomic mass is 35.5. The van der Waals surface area contributed by atoms with E-state index in [1.165, 1.54) is 25.1 Å². The first-order chi connectivity index (χ1) is 13.1. The maximum Gasteiger partial charge on any atom is 0.241 e. The quantitative estimate of drug-likeness (QED) is 0.567. The molecule has 5 nitrogen and oxygen atoms in total. The summed E-state index contributed by atoms with van der Waals surface area (Å²) in [5, 5.41) is 0.564. The molecule has 0 bridgehead atoms. The summed E-state index contributed by atoms with van der Waals surface area (Å²) in [6.07, 6.45) is 2.80. The van der Waals surface area contributed by atoms with Crippen molar-refractivity contribution in [2.45, 2.75) is 13.5 Å². The van der Waals surface area contributed by atoms with Gasteiger partial charge in [-0.1, -0.05) is 36.4 Å². The van der Waals surface area contributed by atoms with Gasteiger partial charge in [-0.05, 0) is 41.5 Å². The maximum absolute atomic E-state index is 12.6. The van der Waals surface area contributed by atoms with Crippen molar-refractivity contribution in [3.63, 3.8) is 0 Å². The van der Waals surface area contributed by atoms with Gasteiger partial charge in [-0.3, -0.25) is 9.59 Å². The van der Waals surface area contributed by atoms with E-state index in [1.807, 2.05) is 0 Å². The maximum atomic E-state index is 12.6. The molecular formula is C21H23ClFN3O2. The summed E-state index contributed by atoms with van der Waals surface area (Å²) in [6.45, 7) is 5.70. The summed E-state index contributed by atoms with van der Waals surface area (Å²) < 4.78 is 12.6. The number of Topliss-reactive ketones (excluding diaryl/α,β-unsaturated/α-hetero) is 1. The average molecular weight is 404 g/mol. The third-order valence-electron chi connectivity index (χ3n) is 3.68. The Morgan fingerprint density at radius 1 is 1.21 bits per heavy atom. The fourth-order valence-electron chi connectivity index (χ4n) is 2.10. The number of anilines is 1. The topological polar surface area (TPSA) is 89.4 Å². The molecule has 2 rings (SSSR count). The fraction of sp³-hybridized carbons (Fsp3) is 0.143. The molecule has 0 heterocycles. The van der Waals surface area contributed by atoms with Gasteiger partial charge in [-0.15, -0.1) is 0 Å². The van der Waals surface area contributed by atoms with Crippen LogP contribution < -0.4 is 11.5 Å². The van der Waals surface area contributed by atoms with E-state index in [-0.39, 0.29) is 11.6 Å². The van der Waals surface area contributed by atoms with E-state index >= 15 is 0 Å². The van der Waals surface area contributed by atoms with Crippen LogP contribution in [0.1, 0.15) is 18.1 Å². The largest absolute Gasteiger partial charge is 0.398 e. The van der Waals surface area contributed by atoms with Crippen LogP contribution in [0.4, 0.5) is 10.1 Å². The van der Waals surface area contributed by atoms with Gasteiger partial charge >= 0.3 is 0 Å². The lowest BCUT2D eigenvalue weighted by Crippen LogP contribution is -2.20. The monoisotopic (exact) mass is 403 g/mol. The number of carbonyl (C=O) groups excluding carboxylic acids is 2. The van der Waals surface area contributed by atoms with Crippen molar-refractivity contribution in [1.29, 1.82) is 0 Å². The van der Waals surface area contributed by atoms with Crippen LogP contribution >= 0.6 is 11.6 Å². The number of ketones is 1. The number of amides is 1. The average Bonchev–Trinajstić information content (AvgIpc) is 2.62. The number of allylic oxidation sites excluding steroid dienone is 1. The standard InChI is InChI=1S/C12H14FNO.C9H9ClN2O/c1-9(10(2)15)14(3)8-11-4-6-12(13)7-5-11;10-7-3-1-6(8(11)5-7)2-4-9(12)13/h4-7H,1,8H2,2-3H3;1-5H,11H2,(H2,12,13)/b;4-2+. The number of halogens is 2. The lowest BCUT2D eigenvalue weighted by atomic mass is 10.1. The molecule has 0 aliphatic rings. The number of primary amides is 1. The van der Waals surface area contributed by atoms with Crippen LogP contribution in [0.15, 0.2) is 60.8 Å². The molecule has 0 aliphatic carbocycles. The van der Waals surface area contributed by atoms with E-state index in [4.69, 9.17) is 23.1 Å². The molecule has 4 N–H and O–H groups in total. The van der Waals surface area contributed by atoms with E-state index in [1.54, 1.807) is 48.4 Å². The molecule has 2 aromatic carbocycles. The minimum atomic E-state index is -0.505. The highest BCUT2D eigenvalue weighted by Crippen LogP contribution is 2.18. The molecule has 0 fully saturated rings. The van der Waals surface area contributed by atoms with E-state index in [0.29, 0.717) is 23.0 Å². The summed E-state index contributed by atoms with van der Waals surface area (Å²) in [6, 6.07) is 11.2. The zero-order valence-electron chi connectivity index (χ0n) is 15.8. The van der Waals surface area contributed by atoms with Gasteiger partial charge in [-0.2, -0.15) is 0 Å². The first kappa shape index (κ1) is 22.9. The number of likely N-dealkylation sites (N-methyl/N-ethyl adjacent to an activating group) is 1. The zero-order valence-corrected chi connectivity index (χ0v) is 16.5. The Hall–Kier alpha value is -3.12. The van der Waals surface area contributed by atoms with Gasteiger partial charge in [0.2, 0.25) is 5.91 Å². The van der Waals surface area contributed by atoms with Crippen molar-refractivity contribution in [2.24, 2.45) is 5.73 Å². The van der Waals surface area contributed by atoms with Gasteiger partial charge in [0.25, 0.3) is 0 Å². The summed E-state index contributed by atoms with van der Waals surface area (Å²) in [5.74, 6) is -0.819. The van der Waals surface area contributed by atoms with Crippen LogP contribution in [-0.4, -0.2) is 23.6 Å². The van der Waals surface area contributed by atoms with Gasteiger partial charge in [0.1, 0.15) is 5.82 Å². The van der Waals surface area contributed by atoms with Crippen molar-refractivity contribution < 1.29 is 14.0 Å². The van der Waals surface area contributed by atoms with Crippen LogP contribution in [0, 0.1) is 5.82 Å². The Bertz CT molecular complexity index is 880. The summed E-state index contributed by atoms with van der Waals surface area (Å²) >= 11 is 5.68. The molecule has 0 atom stereocenters. The van der Waals surface area contributed by atoms with Crippen molar-refractivity contribution in [3.05, 3.63) is 82.8 Å². The predicted molar refractivity (Wildman–Crippen MR) is 112 cm³/mol. The number of benzene rings is 2. The summed E-state index contributed by atoms with van der Waals surface area (Å²) in [5.41, 5.74) is 13.2. The lowest BCUT2D eigenvalue weighted by Gasteiger charge is -2.19. The molecule has 0 radical (unpaired) electrons. The van der Waals surface area contributed by atoms with Crippen LogP contribution in [0.5, 0.6) is 0 Å². The van der Waals surface area contributed by atoms with Crippen molar-refractivity contribution in [1.82, 2.24) is 4.90 Å². The van der Waals surface area contributed by atoms with Crippen molar-refractivity contribution in [2.75, 3.05) is 12.8 Å². The highest BCUT2D eigenvalue weighted by molar-refractivity contribution is 6.30. The Kier molecular flexibility index (Phi) is 8.91. The van der Waals surface area contributed by atoms with E-state index in [9.17, 15) is 14.0 Å². The van der Waals surface area contributed by atoms with Crippen molar-refractivity contribution in [3.8, 4) is 0 Å². The van der Waals surface area contributed by atoms with Gasteiger partial charge in [0.05, 0.1) is 5.70 Å². The van der Waals surface area contributed by atoms with Gasteiger partial charge < -0.3 is 16.4 Å². The van der Waals surface area contributed by atoms with E-state index < -0.39 is 5.91 Å². The molecule has 0 aliphatic heterocycles. The van der Waals surface area contributed by atoms with Gasteiger partial charge in [0, 0.05) is 37.3 Å². The van der Waals surface area contributed by atoms with Crippen LogP contribution in [0.2, 0.25) is 5.02 Å². The molecule has 2 aromatic rings. The third kappa shape index (κ3) is 8.05. The SMILES string of the molecule is C=C(C(C)=O)N(C)Cc1ccc(F)cc1.NC(=O)/C=C/c1ccc(Cl)cc1N. The fourth-order valence-corrected chi connectivity index (χ4v) is 2.28. The van der Waals surface area contributed by atoms with Crippen LogP contribution in [0.25, 0.3) is 6.08 Å². The second-order valence-corrected chi connectivity index (χ2v) is 6.43. The molecular weight excluding hydrogens is 381 g/mol. The number of hydrogen-bond donors (Lipinski definition) is 2. The number of nitrogens with zero attached hydrogens (tertiary/aromatic N) is 1. The second kappa shape index (κ2) is 10.9. The smallest absolute Gasteiger partial charge is 0.241 e. The Morgan fingerprint density at radius 3 is 2.32 bits per heavy atom. The molecule has 0 saturated heterocycles. The number of hydrogen-bond acceptors (Lipinski definition) is 4. The Balaban J connectivity index is 0.000000283. The highest BCUT2D eigenvalue weighted by Gasteiger charge is 2.07. The second-order valence-electron chi connectivity index (χ2n) is 5.99. The van der Waals surface area contributed by atoms with E-state index in [2.05, 4.69) is 6.58 Å². The summed E-state index contributed by atoms with van der Waals surface area (Å²) in [4.78, 5) is 23.2. The lowest BCUT2D eigenvalue weighted by molar-refractivity contribution is -0.115. The molecule has 0 aromatic heterocycles. The molecule has 0 unspecified atom stereocenters. The number of rotatable bonds is 6. The predicted octanol–water partition coefficient (Wildman–Crippen LogP) is 3.78. The minimum Gasteiger partial charge on any atom is -0.398 e. The molecule has 7 heteroatoms. The third-order valence-corrected chi connectivity index (χ3v) is 3.91. The van der Waals surface area contributed by atoms with Crippen LogP contribution in [0.3, 0.4) is 0 Å². The Labute approximate surface area is 169 Å². The minimum absolute atomic E-state index is 0.0559. The summed E-state index contributed by atoms with van der Waals surface area (Å²) in [7, 11) is 1.78. The van der Waals surface area contributed by atoms with E-state index in [0.717, 1.165) is 11.1 Å². The first-order valence-corrected chi connectivity index (χ1v) is 8.66. The molecule has 0 spiro atoms. The van der Waals surface area contributed by atoms with Crippen molar-refractivity contribution >= 4 is 35.1 Å². The molecule has 1 amide bonds.